The molecule has 0 heterocycles. The van der Waals surface area contributed by atoms with Crippen LogP contribution < -0.4 is 4.31 Å². The average Bonchev–Trinajstić information content (AvgIpc) is 2.38. The summed E-state index contributed by atoms with van der Waals surface area (Å²) in [5.41, 5.74) is 1.63. The summed E-state index contributed by atoms with van der Waals surface area (Å²) in [5, 5.41) is -1.11. The largest absolute Gasteiger partial charge is 0.348 e. The van der Waals surface area contributed by atoms with Gasteiger partial charge in [-0.2, -0.15) is 0 Å². The van der Waals surface area contributed by atoms with Crippen LogP contribution in [-0.4, -0.2) is 44.6 Å². The van der Waals surface area contributed by atoms with Gasteiger partial charge in [0.25, 0.3) is 0 Å². The summed E-state index contributed by atoms with van der Waals surface area (Å²) in [5.74, 6) is -0.423. The first-order valence-electron chi connectivity index (χ1n) is 6.90. The van der Waals surface area contributed by atoms with Gasteiger partial charge < -0.3 is 4.90 Å². The number of carbonyl (C=O) groups is 1. The van der Waals surface area contributed by atoms with Gasteiger partial charge in [-0.15, -0.1) is 0 Å². The maximum absolute atomic E-state index is 12.8. The van der Waals surface area contributed by atoms with Gasteiger partial charge in [-0.3, -0.25) is 9.10 Å². The average molecular weight is 312 g/mol. The Balaban J connectivity index is 3.27. The van der Waals surface area contributed by atoms with Gasteiger partial charge in [0, 0.05) is 20.1 Å². The first-order chi connectivity index (χ1) is 9.59. The molecule has 0 saturated carbocycles. The van der Waals surface area contributed by atoms with Crippen LogP contribution in [0, 0.1) is 6.92 Å². The van der Waals surface area contributed by atoms with Crippen molar-refractivity contribution in [3.63, 3.8) is 0 Å². The van der Waals surface area contributed by atoms with Gasteiger partial charge >= 0.3 is 0 Å². The van der Waals surface area contributed by atoms with Crippen LogP contribution in [0.15, 0.2) is 24.3 Å². The molecule has 6 heteroatoms. The van der Waals surface area contributed by atoms with E-state index < -0.39 is 21.2 Å². The van der Waals surface area contributed by atoms with Crippen LogP contribution in [0.2, 0.25) is 0 Å². The second-order valence-electron chi connectivity index (χ2n) is 5.64. The lowest BCUT2D eigenvalue weighted by molar-refractivity contribution is -0.127. The summed E-state index contributed by atoms with van der Waals surface area (Å²) in [6.45, 7) is 6.96. The van der Waals surface area contributed by atoms with Crippen LogP contribution in [-0.2, 0) is 14.8 Å². The molecule has 0 bridgehead atoms. The Labute approximate surface area is 127 Å². The number of nitrogens with zero attached hydrogens (tertiary/aromatic N) is 2. The molecule has 0 aliphatic heterocycles. The minimum Gasteiger partial charge on any atom is -0.348 e. The van der Waals surface area contributed by atoms with Gasteiger partial charge in [0.15, 0.2) is 5.25 Å². The zero-order chi connectivity index (χ0) is 16.4. The summed E-state index contributed by atoms with van der Waals surface area (Å²) in [6.07, 6.45) is 0. The second kappa shape index (κ2) is 6.47. The first-order valence-corrected chi connectivity index (χ1v) is 8.40. The van der Waals surface area contributed by atoms with Crippen LogP contribution >= 0.6 is 0 Å². The highest BCUT2D eigenvalue weighted by atomic mass is 32.2. The molecule has 1 amide bonds. The Morgan fingerprint density at radius 3 is 1.90 bits per heavy atom. The Morgan fingerprint density at radius 2 is 1.52 bits per heavy atom. The zero-order valence-corrected chi connectivity index (χ0v) is 14.3. The van der Waals surface area contributed by atoms with Crippen molar-refractivity contribution in [1.29, 1.82) is 0 Å². The fourth-order valence-electron chi connectivity index (χ4n) is 2.09. The van der Waals surface area contributed by atoms with E-state index in [1.807, 2.05) is 19.1 Å². The molecule has 0 N–H and O–H groups in total. The van der Waals surface area contributed by atoms with Crippen LogP contribution in [0.3, 0.4) is 0 Å². The summed E-state index contributed by atoms with van der Waals surface area (Å²) >= 11 is 0. The molecule has 0 aliphatic carbocycles. The van der Waals surface area contributed by atoms with Crippen LogP contribution in [0.1, 0.15) is 26.3 Å². The van der Waals surface area contributed by atoms with E-state index in [4.69, 9.17) is 0 Å². The van der Waals surface area contributed by atoms with Crippen molar-refractivity contribution < 1.29 is 13.2 Å². The maximum Gasteiger partial charge on any atom is 0.247 e. The minimum atomic E-state index is -3.77. The van der Waals surface area contributed by atoms with E-state index in [-0.39, 0.29) is 6.04 Å². The molecule has 118 valence electrons. The van der Waals surface area contributed by atoms with E-state index >= 15 is 0 Å². The van der Waals surface area contributed by atoms with Crippen LogP contribution in [0.25, 0.3) is 0 Å². The SMILES string of the molecule is Cc1ccc(N(C(C)C)S(=O)(=O)C(C)C(=O)N(C)C)cc1. The Morgan fingerprint density at radius 1 is 1.05 bits per heavy atom. The number of anilines is 1. The standard InChI is InChI=1S/C15H24N2O3S/c1-11(2)17(14-9-7-12(3)8-10-14)21(19,20)13(4)15(18)16(5)6/h7-11,13H,1-6H3. The first kappa shape index (κ1) is 17.5. The number of carbonyl (C=O) groups excluding carboxylic acids is 1. The van der Waals surface area contributed by atoms with Gasteiger partial charge in [-0.05, 0) is 39.8 Å². The van der Waals surface area contributed by atoms with E-state index in [0.29, 0.717) is 5.69 Å². The highest BCUT2D eigenvalue weighted by molar-refractivity contribution is 7.94. The lowest BCUT2D eigenvalue weighted by atomic mass is 10.2. The molecular weight excluding hydrogens is 288 g/mol. The van der Waals surface area contributed by atoms with Gasteiger partial charge in [-0.1, -0.05) is 17.7 Å². The molecule has 0 aromatic heterocycles. The van der Waals surface area contributed by atoms with Gasteiger partial charge in [0.1, 0.15) is 0 Å². The molecule has 1 aromatic carbocycles. The summed E-state index contributed by atoms with van der Waals surface area (Å²) in [4.78, 5) is 13.3. The van der Waals surface area contributed by atoms with Crippen molar-refractivity contribution in [2.45, 2.75) is 39.0 Å². The van der Waals surface area contributed by atoms with Crippen LogP contribution in [0.5, 0.6) is 0 Å². The number of sulfonamides is 1. The van der Waals surface area contributed by atoms with E-state index in [0.717, 1.165) is 5.56 Å². The van der Waals surface area contributed by atoms with Crippen molar-refractivity contribution in [1.82, 2.24) is 4.90 Å². The van der Waals surface area contributed by atoms with E-state index in [2.05, 4.69) is 0 Å². The number of hydrogen-bond acceptors (Lipinski definition) is 3. The third-order valence-corrected chi connectivity index (χ3v) is 5.54. The lowest BCUT2D eigenvalue weighted by Crippen LogP contribution is -2.47. The minimum absolute atomic E-state index is 0.268. The van der Waals surface area contributed by atoms with E-state index in [1.165, 1.54) is 16.1 Å². The predicted octanol–water partition coefficient (Wildman–Crippen LogP) is 2.02. The molecule has 1 atom stereocenters. The molecule has 0 aliphatic rings. The van der Waals surface area contributed by atoms with Gasteiger partial charge in [0.05, 0.1) is 5.69 Å². The number of aryl methyl sites for hydroxylation is 1. The van der Waals surface area contributed by atoms with Crippen molar-refractivity contribution in [3.05, 3.63) is 29.8 Å². The Hall–Kier alpha value is -1.56. The summed E-state index contributed by atoms with van der Waals surface area (Å²) < 4.78 is 26.9. The molecule has 0 radical (unpaired) electrons. The molecule has 1 rings (SSSR count). The molecule has 0 fully saturated rings. The fraction of sp³-hybridized carbons (Fsp3) is 0.533. The summed E-state index contributed by atoms with van der Waals surface area (Å²) in [7, 11) is -0.657. The zero-order valence-electron chi connectivity index (χ0n) is 13.5. The highest BCUT2D eigenvalue weighted by Crippen LogP contribution is 2.24. The Kier molecular flexibility index (Phi) is 5.39. The molecule has 0 spiro atoms. The third kappa shape index (κ3) is 3.75. The molecule has 21 heavy (non-hydrogen) atoms. The van der Waals surface area contributed by atoms with Gasteiger partial charge in [0.2, 0.25) is 15.9 Å². The highest BCUT2D eigenvalue weighted by Gasteiger charge is 2.36. The number of amides is 1. The molecule has 1 aromatic rings. The summed E-state index contributed by atoms with van der Waals surface area (Å²) in [6, 6.07) is 6.98. The lowest BCUT2D eigenvalue weighted by Gasteiger charge is -2.31. The van der Waals surface area contributed by atoms with Crippen molar-refractivity contribution >= 4 is 21.6 Å². The Bertz CT molecular complexity index is 592. The predicted molar refractivity (Wildman–Crippen MR) is 85.9 cm³/mol. The molecule has 5 nitrogen and oxygen atoms in total. The topological polar surface area (TPSA) is 57.7 Å². The third-order valence-electron chi connectivity index (χ3n) is 3.27. The van der Waals surface area contributed by atoms with E-state index in [9.17, 15) is 13.2 Å². The number of rotatable bonds is 5. The quantitative estimate of drug-likeness (QED) is 0.836. The maximum atomic E-state index is 12.8. The van der Waals surface area contributed by atoms with E-state index in [1.54, 1.807) is 40.1 Å². The molecule has 1 unspecified atom stereocenters. The molecular formula is C15H24N2O3S. The van der Waals surface area contributed by atoms with Crippen molar-refractivity contribution in [3.8, 4) is 0 Å². The smallest absolute Gasteiger partial charge is 0.247 e. The normalized spacial score (nSPS) is 13.1. The van der Waals surface area contributed by atoms with Gasteiger partial charge in [-0.25, -0.2) is 8.42 Å². The van der Waals surface area contributed by atoms with Crippen molar-refractivity contribution in [2.24, 2.45) is 0 Å². The molecule has 0 saturated heterocycles. The van der Waals surface area contributed by atoms with Crippen LogP contribution in [0.4, 0.5) is 5.69 Å². The fourth-order valence-corrected chi connectivity index (χ4v) is 3.90. The number of hydrogen-bond donors (Lipinski definition) is 0. The van der Waals surface area contributed by atoms with Crippen molar-refractivity contribution in [2.75, 3.05) is 18.4 Å². The second-order valence-corrected chi connectivity index (χ2v) is 7.78. The monoisotopic (exact) mass is 312 g/mol. The number of benzene rings is 1.